The maximum atomic E-state index is 11.6. The van der Waals surface area contributed by atoms with Crippen LogP contribution >= 0.6 is 0 Å². The summed E-state index contributed by atoms with van der Waals surface area (Å²) < 4.78 is 4.74. The summed E-state index contributed by atoms with van der Waals surface area (Å²) >= 11 is 0. The van der Waals surface area contributed by atoms with Crippen molar-refractivity contribution in [2.75, 3.05) is 32.1 Å². The molecule has 1 fully saturated rings. The summed E-state index contributed by atoms with van der Waals surface area (Å²) in [4.78, 5) is 18.5. The molecule has 2 rings (SSSR count). The number of rotatable bonds is 5. The molecule has 5 nitrogen and oxygen atoms in total. The van der Waals surface area contributed by atoms with E-state index in [2.05, 4.69) is 28.7 Å². The second kappa shape index (κ2) is 7.40. The van der Waals surface area contributed by atoms with Crippen LogP contribution in [0.4, 0.5) is 5.82 Å². The van der Waals surface area contributed by atoms with Gasteiger partial charge >= 0.3 is 5.97 Å². The lowest BCUT2D eigenvalue weighted by molar-refractivity contribution is 0.0599. The number of aromatic nitrogens is 1. The van der Waals surface area contributed by atoms with Crippen molar-refractivity contribution in [2.45, 2.75) is 32.7 Å². The van der Waals surface area contributed by atoms with Crippen molar-refractivity contribution >= 4 is 11.8 Å². The first-order chi connectivity index (χ1) is 10.5. The Balaban J connectivity index is 1.91. The predicted molar refractivity (Wildman–Crippen MR) is 88.2 cm³/mol. The van der Waals surface area contributed by atoms with Gasteiger partial charge in [-0.05, 0) is 38.8 Å². The highest BCUT2D eigenvalue weighted by molar-refractivity contribution is 5.90. The maximum Gasteiger partial charge on any atom is 0.339 e. The van der Waals surface area contributed by atoms with Gasteiger partial charge in [0.25, 0.3) is 0 Å². The second-order valence-electron chi connectivity index (χ2n) is 5.97. The zero-order chi connectivity index (χ0) is 16.1. The zero-order valence-corrected chi connectivity index (χ0v) is 13.7. The Bertz CT molecular complexity index is 549. The first-order valence-electron chi connectivity index (χ1n) is 7.69. The Morgan fingerprint density at radius 1 is 1.45 bits per heavy atom. The highest BCUT2D eigenvalue weighted by Crippen LogP contribution is 2.17. The summed E-state index contributed by atoms with van der Waals surface area (Å²) in [6, 6.07) is 4.05. The minimum absolute atomic E-state index is 0.343. The lowest BCUT2D eigenvalue weighted by Gasteiger charge is -2.32. The van der Waals surface area contributed by atoms with E-state index in [4.69, 9.17) is 4.74 Å². The van der Waals surface area contributed by atoms with Crippen molar-refractivity contribution < 1.29 is 9.53 Å². The Morgan fingerprint density at radius 3 is 2.68 bits per heavy atom. The minimum atomic E-state index is -0.343. The number of nitrogens with one attached hydrogen (secondary N) is 1. The number of hydrogen-bond acceptors (Lipinski definition) is 5. The topological polar surface area (TPSA) is 54.5 Å². The molecule has 1 aromatic rings. The molecule has 0 amide bonds. The second-order valence-corrected chi connectivity index (χ2v) is 5.97. The van der Waals surface area contributed by atoms with Crippen molar-refractivity contribution in [1.29, 1.82) is 0 Å². The van der Waals surface area contributed by atoms with Gasteiger partial charge < -0.3 is 10.1 Å². The molecule has 0 aromatic carbocycles. The first-order valence-corrected chi connectivity index (χ1v) is 7.69. The molecule has 0 saturated carbocycles. The van der Waals surface area contributed by atoms with E-state index in [0.29, 0.717) is 17.3 Å². The van der Waals surface area contributed by atoms with Crippen LogP contribution < -0.4 is 5.32 Å². The van der Waals surface area contributed by atoms with Crippen molar-refractivity contribution in [3.63, 3.8) is 0 Å². The molecule has 1 aliphatic heterocycles. The van der Waals surface area contributed by atoms with E-state index in [-0.39, 0.29) is 5.97 Å². The number of likely N-dealkylation sites (tertiary alicyclic amines) is 1. The highest BCUT2D eigenvalue weighted by Gasteiger charge is 2.19. The number of carbonyl (C=O) groups excluding carboxylic acids is 1. The number of nitrogens with zero attached hydrogens (tertiary/aromatic N) is 2. The summed E-state index contributed by atoms with van der Waals surface area (Å²) in [5, 5.41) is 3.47. The van der Waals surface area contributed by atoms with E-state index in [1.54, 1.807) is 6.07 Å². The molecule has 2 heterocycles. The molecule has 0 atom stereocenters. The van der Waals surface area contributed by atoms with E-state index in [1.807, 2.05) is 13.0 Å². The molecule has 0 aliphatic carbocycles. The van der Waals surface area contributed by atoms with Gasteiger partial charge in [-0.25, -0.2) is 9.78 Å². The van der Waals surface area contributed by atoms with Gasteiger partial charge in [-0.1, -0.05) is 12.2 Å². The number of hydrogen-bond donors (Lipinski definition) is 1. The lowest BCUT2D eigenvalue weighted by atomic mass is 10.0. The molecule has 1 saturated heterocycles. The molecule has 0 bridgehead atoms. The summed E-state index contributed by atoms with van der Waals surface area (Å²) in [5.74, 6) is 0.480. The molecule has 1 aromatic heterocycles. The van der Waals surface area contributed by atoms with Gasteiger partial charge in [-0.15, -0.1) is 0 Å². The fourth-order valence-corrected chi connectivity index (χ4v) is 2.79. The highest BCUT2D eigenvalue weighted by atomic mass is 16.5. The smallest absolute Gasteiger partial charge is 0.339 e. The summed E-state index contributed by atoms with van der Waals surface area (Å²) in [7, 11) is 1.38. The number of ether oxygens (including phenoxy) is 1. The first kappa shape index (κ1) is 16.5. The van der Waals surface area contributed by atoms with Crippen molar-refractivity contribution in [3.8, 4) is 0 Å². The number of piperidine rings is 1. The molecule has 120 valence electrons. The van der Waals surface area contributed by atoms with E-state index < -0.39 is 0 Å². The summed E-state index contributed by atoms with van der Waals surface area (Å²) in [5.41, 5.74) is 2.42. The van der Waals surface area contributed by atoms with Gasteiger partial charge in [0.15, 0.2) is 0 Å². The third kappa shape index (κ3) is 4.31. The van der Waals surface area contributed by atoms with Gasteiger partial charge in [0.05, 0.1) is 18.4 Å². The number of pyridine rings is 1. The molecule has 22 heavy (non-hydrogen) atoms. The van der Waals surface area contributed by atoms with Gasteiger partial charge in [-0.3, -0.25) is 4.90 Å². The third-order valence-electron chi connectivity index (χ3n) is 3.92. The van der Waals surface area contributed by atoms with Crippen LogP contribution in [0.1, 0.15) is 35.8 Å². The fraction of sp³-hybridized carbons (Fsp3) is 0.529. The van der Waals surface area contributed by atoms with Crippen molar-refractivity contribution in [1.82, 2.24) is 9.88 Å². The van der Waals surface area contributed by atoms with Gasteiger partial charge in [0.1, 0.15) is 5.82 Å². The molecular weight excluding hydrogens is 278 g/mol. The number of esters is 1. The minimum Gasteiger partial charge on any atom is -0.465 e. The Kier molecular flexibility index (Phi) is 5.55. The van der Waals surface area contributed by atoms with E-state index >= 15 is 0 Å². The van der Waals surface area contributed by atoms with Crippen LogP contribution in [0.2, 0.25) is 0 Å². The van der Waals surface area contributed by atoms with Crippen LogP contribution in [0.5, 0.6) is 0 Å². The normalized spacial score (nSPS) is 16.3. The van der Waals surface area contributed by atoms with Crippen molar-refractivity contribution in [3.05, 3.63) is 35.5 Å². The fourth-order valence-electron chi connectivity index (χ4n) is 2.79. The van der Waals surface area contributed by atoms with Crippen LogP contribution in [-0.4, -0.2) is 48.6 Å². The number of carbonyl (C=O) groups is 1. The molecule has 5 heteroatoms. The van der Waals surface area contributed by atoms with Gasteiger partial charge in [-0.2, -0.15) is 0 Å². The largest absolute Gasteiger partial charge is 0.465 e. The standard InChI is InChI=1S/C17H25N3O2/c1-12(2)11-20-9-7-14(8-10-20)19-16-6-5-15(13(3)18-16)17(21)22-4/h5-6,14H,1,7-11H2,2-4H3,(H,18,19). The Hall–Kier alpha value is -1.88. The molecule has 0 unspecified atom stereocenters. The predicted octanol–water partition coefficient (Wildman–Crippen LogP) is 2.63. The van der Waals surface area contributed by atoms with Gasteiger partial charge in [0, 0.05) is 25.7 Å². The van der Waals surface area contributed by atoms with Crippen LogP contribution in [0.25, 0.3) is 0 Å². The van der Waals surface area contributed by atoms with E-state index in [1.165, 1.54) is 12.7 Å². The van der Waals surface area contributed by atoms with Crippen molar-refractivity contribution in [2.24, 2.45) is 0 Å². The number of anilines is 1. The maximum absolute atomic E-state index is 11.6. The average Bonchev–Trinajstić information content (AvgIpc) is 2.48. The number of methoxy groups -OCH3 is 1. The van der Waals surface area contributed by atoms with E-state index in [0.717, 1.165) is 38.3 Å². The third-order valence-corrected chi connectivity index (χ3v) is 3.92. The molecule has 0 spiro atoms. The molecular formula is C17H25N3O2. The Labute approximate surface area is 132 Å². The molecule has 0 radical (unpaired) electrons. The van der Waals surface area contributed by atoms with Crippen LogP contribution in [0.3, 0.4) is 0 Å². The Morgan fingerprint density at radius 2 is 2.14 bits per heavy atom. The van der Waals surface area contributed by atoms with Crippen LogP contribution in [0, 0.1) is 6.92 Å². The van der Waals surface area contributed by atoms with Gasteiger partial charge in [0.2, 0.25) is 0 Å². The van der Waals surface area contributed by atoms with E-state index in [9.17, 15) is 4.79 Å². The average molecular weight is 303 g/mol. The lowest BCUT2D eigenvalue weighted by Crippen LogP contribution is -2.39. The summed E-state index contributed by atoms with van der Waals surface area (Å²) in [6.07, 6.45) is 2.18. The van der Waals surface area contributed by atoms with Crippen LogP contribution in [0.15, 0.2) is 24.3 Å². The summed E-state index contributed by atoms with van der Waals surface area (Å²) in [6.45, 7) is 11.0. The quantitative estimate of drug-likeness (QED) is 0.669. The number of aryl methyl sites for hydroxylation is 1. The molecule has 1 N–H and O–H groups in total. The zero-order valence-electron chi connectivity index (χ0n) is 13.7. The SMILES string of the molecule is C=C(C)CN1CCC(Nc2ccc(C(=O)OC)c(C)n2)CC1. The monoisotopic (exact) mass is 303 g/mol. The van der Waals surface area contributed by atoms with Crippen LogP contribution in [-0.2, 0) is 4.74 Å². The molecule has 1 aliphatic rings.